The molecular weight excluding hydrogens is 268 g/mol. The molecule has 1 saturated carbocycles. The number of hydrogen-bond acceptors (Lipinski definition) is 3. The third kappa shape index (κ3) is 2.16. The van der Waals surface area contributed by atoms with Gasteiger partial charge in [0.2, 0.25) is 8.32 Å². The molecule has 0 aromatic carbocycles. The van der Waals surface area contributed by atoms with Gasteiger partial charge in [0.15, 0.2) is 5.79 Å². The lowest BCUT2D eigenvalue weighted by Crippen LogP contribution is -2.42. The molecule has 0 amide bonds. The highest BCUT2D eigenvalue weighted by Crippen LogP contribution is 2.54. The Morgan fingerprint density at radius 1 is 1.20 bits per heavy atom. The summed E-state index contributed by atoms with van der Waals surface area (Å²) >= 11 is 0. The molecule has 1 aliphatic heterocycles. The maximum Gasteiger partial charge on any atom is 0.250 e. The summed E-state index contributed by atoms with van der Waals surface area (Å²) in [6, 6.07) is 0. The molecule has 3 nitrogen and oxygen atoms in total. The largest absolute Gasteiger partial charge is 0.546 e. The average Bonchev–Trinajstić information content (AvgIpc) is 2.83. The Hall–Kier alpha value is -0.323. The average molecular weight is 296 g/mol. The van der Waals surface area contributed by atoms with E-state index in [2.05, 4.69) is 39.9 Å². The second-order valence-electron chi connectivity index (χ2n) is 8.50. The quantitative estimate of drug-likeness (QED) is 0.719. The molecule has 0 N–H and O–H groups in total. The van der Waals surface area contributed by atoms with Crippen LogP contribution < -0.4 is 0 Å². The zero-order valence-electron chi connectivity index (χ0n) is 13.8. The summed E-state index contributed by atoms with van der Waals surface area (Å²) in [5.41, 5.74) is 0. The summed E-state index contributed by atoms with van der Waals surface area (Å²) in [7, 11) is -1.75. The Kier molecular flexibility index (Phi) is 3.00. The van der Waals surface area contributed by atoms with Crippen molar-refractivity contribution < 1.29 is 13.9 Å². The van der Waals surface area contributed by atoms with Crippen molar-refractivity contribution in [2.75, 3.05) is 0 Å². The fourth-order valence-electron chi connectivity index (χ4n) is 3.35. The van der Waals surface area contributed by atoms with Crippen LogP contribution in [-0.2, 0) is 13.9 Å². The predicted octanol–water partition coefficient (Wildman–Crippen LogP) is 4.06. The maximum atomic E-state index is 6.54. The van der Waals surface area contributed by atoms with Crippen LogP contribution >= 0.6 is 0 Å². The van der Waals surface area contributed by atoms with Crippen molar-refractivity contribution in [3.63, 3.8) is 0 Å². The fraction of sp³-hybridized carbons (Fsp3) is 0.875. The van der Waals surface area contributed by atoms with Crippen LogP contribution in [0.1, 0.15) is 41.0 Å². The lowest BCUT2D eigenvalue weighted by molar-refractivity contribution is -0.157. The van der Waals surface area contributed by atoms with Crippen molar-refractivity contribution >= 4 is 8.32 Å². The molecule has 0 spiro atoms. The summed E-state index contributed by atoms with van der Waals surface area (Å²) in [6.07, 6.45) is 3.88. The van der Waals surface area contributed by atoms with Crippen LogP contribution in [0.5, 0.6) is 0 Å². The Balaban J connectivity index is 1.77. The SMILES string of the molecule is CC1(C)O[C@@H]2[C@H](O1)[C@H]1C=C(O[Si](C)(C)C(C)(C)C)[C@@H]2C1. The summed E-state index contributed by atoms with van der Waals surface area (Å²) < 4.78 is 18.7. The molecule has 2 aliphatic carbocycles. The molecule has 3 rings (SSSR count). The van der Waals surface area contributed by atoms with Gasteiger partial charge in [-0.2, -0.15) is 0 Å². The molecule has 1 heterocycles. The molecule has 0 radical (unpaired) electrons. The molecule has 0 unspecified atom stereocenters. The lowest BCUT2D eigenvalue weighted by Gasteiger charge is -2.39. The van der Waals surface area contributed by atoms with Crippen LogP contribution in [0.15, 0.2) is 11.8 Å². The molecule has 3 aliphatic rings. The van der Waals surface area contributed by atoms with E-state index >= 15 is 0 Å². The lowest BCUT2D eigenvalue weighted by atomic mass is 10.0. The smallest absolute Gasteiger partial charge is 0.250 e. The van der Waals surface area contributed by atoms with Crippen molar-refractivity contribution in [3.8, 4) is 0 Å². The van der Waals surface area contributed by atoms with Gasteiger partial charge in [-0.3, -0.25) is 0 Å². The molecule has 0 aromatic heterocycles. The van der Waals surface area contributed by atoms with Crippen LogP contribution in [0.3, 0.4) is 0 Å². The van der Waals surface area contributed by atoms with Gasteiger partial charge in [0.1, 0.15) is 0 Å². The first-order valence-electron chi connectivity index (χ1n) is 7.77. The van der Waals surface area contributed by atoms with E-state index in [0.717, 1.165) is 6.42 Å². The highest BCUT2D eigenvalue weighted by Gasteiger charge is 2.58. The Bertz CT molecular complexity index is 447. The van der Waals surface area contributed by atoms with Crippen molar-refractivity contribution in [1.29, 1.82) is 0 Å². The Labute approximate surface area is 123 Å². The van der Waals surface area contributed by atoms with Crippen LogP contribution in [0, 0.1) is 11.8 Å². The fourth-order valence-corrected chi connectivity index (χ4v) is 4.47. The van der Waals surface area contributed by atoms with Gasteiger partial charge in [0, 0.05) is 11.8 Å². The third-order valence-corrected chi connectivity index (χ3v) is 9.79. The molecule has 0 aromatic rings. The minimum absolute atomic E-state index is 0.194. The summed E-state index contributed by atoms with van der Waals surface area (Å²) in [5.74, 6) is 1.63. The van der Waals surface area contributed by atoms with E-state index in [1.165, 1.54) is 5.76 Å². The third-order valence-electron chi connectivity index (χ3n) is 5.43. The van der Waals surface area contributed by atoms with E-state index in [1.807, 2.05) is 13.8 Å². The van der Waals surface area contributed by atoms with Crippen LogP contribution in [-0.4, -0.2) is 26.3 Å². The van der Waals surface area contributed by atoms with Gasteiger partial charge in [-0.05, 0) is 44.5 Å². The molecule has 4 heteroatoms. The molecule has 2 fully saturated rings. The zero-order valence-corrected chi connectivity index (χ0v) is 14.8. The first kappa shape index (κ1) is 14.6. The van der Waals surface area contributed by atoms with Crippen molar-refractivity contribution in [3.05, 3.63) is 11.8 Å². The van der Waals surface area contributed by atoms with Gasteiger partial charge < -0.3 is 13.9 Å². The van der Waals surface area contributed by atoms with Gasteiger partial charge in [-0.15, -0.1) is 0 Å². The predicted molar refractivity (Wildman–Crippen MR) is 81.8 cm³/mol. The highest BCUT2D eigenvalue weighted by atomic mass is 28.4. The normalized spacial score (nSPS) is 38.9. The van der Waals surface area contributed by atoms with Gasteiger partial charge >= 0.3 is 0 Å². The van der Waals surface area contributed by atoms with E-state index in [1.54, 1.807) is 0 Å². The minimum atomic E-state index is -1.75. The van der Waals surface area contributed by atoms with E-state index in [9.17, 15) is 0 Å². The number of fused-ring (bicyclic) bond motifs is 5. The highest BCUT2D eigenvalue weighted by molar-refractivity contribution is 6.74. The standard InChI is InChI=1S/C16H28O3Si/c1-15(2,3)20(6,7)19-12-9-10-8-11(12)14-13(10)17-16(4,5)18-14/h9-11,13-14H,8H2,1-7H3/t10-,11+,13-,14+/m1/s1. The maximum absolute atomic E-state index is 6.54. The number of hydrogen-bond donors (Lipinski definition) is 0. The summed E-state index contributed by atoms with van der Waals surface area (Å²) in [5, 5.41) is 0.237. The molecule has 1 saturated heterocycles. The van der Waals surface area contributed by atoms with Gasteiger partial charge in [-0.25, -0.2) is 0 Å². The first-order valence-corrected chi connectivity index (χ1v) is 10.7. The Morgan fingerprint density at radius 3 is 2.40 bits per heavy atom. The first-order chi connectivity index (χ1) is 9.00. The zero-order chi connectivity index (χ0) is 14.9. The molecule has 20 heavy (non-hydrogen) atoms. The van der Waals surface area contributed by atoms with Gasteiger partial charge in [0.25, 0.3) is 0 Å². The second-order valence-corrected chi connectivity index (χ2v) is 13.2. The van der Waals surface area contributed by atoms with Crippen LogP contribution in [0.4, 0.5) is 0 Å². The number of ether oxygens (including phenoxy) is 2. The van der Waals surface area contributed by atoms with E-state index in [-0.39, 0.29) is 17.2 Å². The summed E-state index contributed by atoms with van der Waals surface area (Å²) in [4.78, 5) is 0. The summed E-state index contributed by atoms with van der Waals surface area (Å²) in [6.45, 7) is 15.5. The van der Waals surface area contributed by atoms with E-state index < -0.39 is 14.1 Å². The van der Waals surface area contributed by atoms with E-state index in [0.29, 0.717) is 11.8 Å². The van der Waals surface area contributed by atoms with Crippen molar-refractivity contribution in [2.24, 2.45) is 11.8 Å². The van der Waals surface area contributed by atoms with Gasteiger partial charge in [-0.1, -0.05) is 20.8 Å². The van der Waals surface area contributed by atoms with Crippen molar-refractivity contribution in [2.45, 2.75) is 77.2 Å². The van der Waals surface area contributed by atoms with Crippen molar-refractivity contribution in [1.82, 2.24) is 0 Å². The Morgan fingerprint density at radius 2 is 1.80 bits per heavy atom. The van der Waals surface area contributed by atoms with E-state index in [4.69, 9.17) is 13.9 Å². The second kappa shape index (κ2) is 4.11. The monoisotopic (exact) mass is 296 g/mol. The molecule has 114 valence electrons. The van der Waals surface area contributed by atoms with Crippen LogP contribution in [0.2, 0.25) is 18.1 Å². The molecular formula is C16H28O3Si. The van der Waals surface area contributed by atoms with Gasteiger partial charge in [0.05, 0.1) is 18.0 Å². The number of rotatable bonds is 2. The molecule has 2 bridgehead atoms. The van der Waals surface area contributed by atoms with Crippen LogP contribution in [0.25, 0.3) is 0 Å². The minimum Gasteiger partial charge on any atom is -0.546 e. The topological polar surface area (TPSA) is 27.7 Å². The molecule has 4 atom stereocenters.